The van der Waals surface area contributed by atoms with Gasteiger partial charge in [-0.1, -0.05) is 115 Å². The van der Waals surface area contributed by atoms with Crippen molar-refractivity contribution < 1.29 is 4.42 Å². The lowest BCUT2D eigenvalue weighted by atomic mass is 9.99. The molecule has 0 saturated heterocycles. The first-order chi connectivity index (χ1) is 27.2. The lowest BCUT2D eigenvalue weighted by molar-refractivity contribution is 0.669. The summed E-state index contributed by atoms with van der Waals surface area (Å²) >= 11 is 0. The van der Waals surface area contributed by atoms with Gasteiger partial charge in [0.15, 0.2) is 0 Å². The van der Waals surface area contributed by atoms with Crippen LogP contribution < -0.4 is 0 Å². The number of hydrogen-bond acceptors (Lipinski definition) is 1. The molecule has 3 heteroatoms. The lowest BCUT2D eigenvalue weighted by Gasteiger charge is -2.10. The maximum Gasteiger partial charge on any atom is 0.135 e. The number of fused-ring (bicyclic) bond motifs is 10. The van der Waals surface area contributed by atoms with Crippen molar-refractivity contribution in [3.05, 3.63) is 194 Å². The number of para-hydroxylation sites is 2. The van der Waals surface area contributed by atoms with Crippen LogP contribution >= 0.6 is 0 Å². The molecule has 0 saturated carbocycles. The van der Waals surface area contributed by atoms with Gasteiger partial charge >= 0.3 is 0 Å². The van der Waals surface area contributed by atoms with E-state index in [-0.39, 0.29) is 0 Å². The van der Waals surface area contributed by atoms with Crippen LogP contribution in [-0.2, 0) is 0 Å². The van der Waals surface area contributed by atoms with Gasteiger partial charge in [0, 0.05) is 43.7 Å². The first-order valence-corrected chi connectivity index (χ1v) is 18.8. The Kier molecular flexibility index (Phi) is 6.34. The van der Waals surface area contributed by atoms with E-state index in [2.05, 4.69) is 191 Å². The van der Waals surface area contributed by atoms with Crippen molar-refractivity contribution in [2.24, 2.45) is 0 Å². The third-order valence-electron chi connectivity index (χ3n) is 11.5. The van der Waals surface area contributed by atoms with Gasteiger partial charge in [0.05, 0.1) is 22.1 Å². The number of nitrogens with zero attached hydrogens (tertiary/aromatic N) is 2. The molecule has 12 aromatic rings. The van der Waals surface area contributed by atoms with Crippen molar-refractivity contribution in [2.45, 2.75) is 0 Å². The summed E-state index contributed by atoms with van der Waals surface area (Å²) in [6, 6.07) is 70.4. The fourth-order valence-electron chi connectivity index (χ4n) is 8.88. The number of rotatable bonds is 4. The molecule has 0 spiro atoms. The fourth-order valence-corrected chi connectivity index (χ4v) is 8.88. The lowest BCUT2D eigenvalue weighted by Crippen LogP contribution is -1.94. The summed E-state index contributed by atoms with van der Waals surface area (Å²) < 4.78 is 11.0. The largest absolute Gasteiger partial charge is 0.456 e. The van der Waals surface area contributed by atoms with Gasteiger partial charge in [-0.2, -0.15) is 0 Å². The monoisotopic (exact) mass is 700 g/mol. The van der Waals surface area contributed by atoms with E-state index in [9.17, 15) is 0 Å². The van der Waals surface area contributed by atoms with E-state index >= 15 is 0 Å². The highest BCUT2D eigenvalue weighted by Gasteiger charge is 2.18. The SMILES string of the molecule is c1ccc(-c2ccc3c4cc(-c5ccc6c(c5)c5cc7ccccc7cc5n6-c5ccc6oc7ccccc7c6c5)ccc4n(-c4ccccc4)c3c2)cc1. The van der Waals surface area contributed by atoms with Crippen LogP contribution in [0.2, 0.25) is 0 Å². The maximum absolute atomic E-state index is 6.22. The summed E-state index contributed by atoms with van der Waals surface area (Å²) in [7, 11) is 0. The minimum atomic E-state index is 0.902. The first kappa shape index (κ1) is 30.1. The summed E-state index contributed by atoms with van der Waals surface area (Å²) in [4.78, 5) is 0. The van der Waals surface area contributed by atoms with Gasteiger partial charge in [-0.25, -0.2) is 0 Å². The van der Waals surface area contributed by atoms with E-state index in [0.29, 0.717) is 0 Å². The zero-order valence-corrected chi connectivity index (χ0v) is 29.8. The molecule has 256 valence electrons. The molecule has 0 amide bonds. The molecular weight excluding hydrogens is 669 g/mol. The molecule has 0 unspecified atom stereocenters. The zero-order chi connectivity index (χ0) is 36.0. The predicted octanol–water partition coefficient (Wildman–Crippen LogP) is 14.3. The third kappa shape index (κ3) is 4.57. The van der Waals surface area contributed by atoms with Gasteiger partial charge in [-0.15, -0.1) is 0 Å². The summed E-state index contributed by atoms with van der Waals surface area (Å²) in [5, 5.41) is 9.67. The second-order valence-corrected chi connectivity index (χ2v) is 14.6. The van der Waals surface area contributed by atoms with Crippen molar-refractivity contribution >= 4 is 76.3 Å². The minimum absolute atomic E-state index is 0.902. The van der Waals surface area contributed by atoms with Gasteiger partial charge in [-0.05, 0) is 112 Å². The summed E-state index contributed by atoms with van der Waals surface area (Å²) in [6.07, 6.45) is 0. The van der Waals surface area contributed by atoms with E-state index in [1.165, 1.54) is 76.6 Å². The Labute approximate surface area is 316 Å². The molecule has 0 aliphatic carbocycles. The zero-order valence-electron chi connectivity index (χ0n) is 29.8. The fraction of sp³-hybridized carbons (Fsp3) is 0. The van der Waals surface area contributed by atoms with Crippen LogP contribution in [0.4, 0.5) is 0 Å². The average molecular weight is 701 g/mol. The molecule has 0 bridgehead atoms. The van der Waals surface area contributed by atoms with E-state index in [1.807, 2.05) is 12.1 Å². The summed E-state index contributed by atoms with van der Waals surface area (Å²) in [5.74, 6) is 0. The Balaban J connectivity index is 1.08. The van der Waals surface area contributed by atoms with Gasteiger partial charge in [0.1, 0.15) is 11.2 Å². The minimum Gasteiger partial charge on any atom is -0.456 e. The molecule has 0 aliphatic rings. The Morgan fingerprint density at radius 1 is 0.273 bits per heavy atom. The van der Waals surface area contributed by atoms with Crippen LogP contribution in [0.5, 0.6) is 0 Å². The smallest absolute Gasteiger partial charge is 0.135 e. The predicted molar refractivity (Wildman–Crippen MR) is 231 cm³/mol. The van der Waals surface area contributed by atoms with E-state index in [1.54, 1.807) is 0 Å². The van der Waals surface area contributed by atoms with Crippen LogP contribution in [0.15, 0.2) is 199 Å². The van der Waals surface area contributed by atoms with E-state index < -0.39 is 0 Å². The second kappa shape index (κ2) is 11.6. The Hall–Kier alpha value is -7.36. The number of benzene rings is 9. The number of hydrogen-bond donors (Lipinski definition) is 0. The summed E-state index contributed by atoms with van der Waals surface area (Å²) in [5.41, 5.74) is 13.7. The molecule has 0 atom stereocenters. The van der Waals surface area contributed by atoms with Crippen LogP contribution in [-0.4, -0.2) is 9.13 Å². The molecular formula is C52H32N2O. The average Bonchev–Trinajstić information content (AvgIpc) is 3.89. The Morgan fingerprint density at radius 3 is 1.62 bits per heavy atom. The van der Waals surface area contributed by atoms with Crippen LogP contribution in [0.1, 0.15) is 0 Å². The topological polar surface area (TPSA) is 23.0 Å². The van der Waals surface area contributed by atoms with E-state index in [0.717, 1.165) is 33.3 Å². The summed E-state index contributed by atoms with van der Waals surface area (Å²) in [6.45, 7) is 0. The Morgan fingerprint density at radius 2 is 0.836 bits per heavy atom. The van der Waals surface area contributed by atoms with Crippen LogP contribution in [0.3, 0.4) is 0 Å². The normalized spacial score (nSPS) is 12.0. The van der Waals surface area contributed by atoms with Crippen molar-refractivity contribution in [2.75, 3.05) is 0 Å². The van der Waals surface area contributed by atoms with Crippen molar-refractivity contribution in [1.29, 1.82) is 0 Å². The van der Waals surface area contributed by atoms with Crippen molar-refractivity contribution in [3.8, 4) is 33.6 Å². The quantitative estimate of drug-likeness (QED) is 0.179. The van der Waals surface area contributed by atoms with Crippen molar-refractivity contribution in [1.82, 2.24) is 9.13 Å². The van der Waals surface area contributed by atoms with Gasteiger partial charge < -0.3 is 13.6 Å². The Bertz CT molecular complexity index is 3470. The third-order valence-corrected chi connectivity index (χ3v) is 11.5. The maximum atomic E-state index is 6.22. The molecule has 12 rings (SSSR count). The molecule has 0 radical (unpaired) electrons. The van der Waals surface area contributed by atoms with Gasteiger partial charge in [0.2, 0.25) is 0 Å². The molecule has 9 aromatic carbocycles. The molecule has 3 heterocycles. The first-order valence-electron chi connectivity index (χ1n) is 18.8. The molecule has 0 fully saturated rings. The van der Waals surface area contributed by atoms with Crippen LogP contribution in [0.25, 0.3) is 110 Å². The van der Waals surface area contributed by atoms with Crippen molar-refractivity contribution in [3.63, 3.8) is 0 Å². The molecule has 55 heavy (non-hydrogen) atoms. The van der Waals surface area contributed by atoms with E-state index in [4.69, 9.17) is 4.42 Å². The highest BCUT2D eigenvalue weighted by Crippen LogP contribution is 2.41. The van der Waals surface area contributed by atoms with Gasteiger partial charge in [0.25, 0.3) is 0 Å². The highest BCUT2D eigenvalue weighted by molar-refractivity contribution is 6.16. The number of furan rings is 1. The molecule has 0 aliphatic heterocycles. The highest BCUT2D eigenvalue weighted by atomic mass is 16.3. The number of aromatic nitrogens is 2. The van der Waals surface area contributed by atoms with Crippen LogP contribution in [0, 0.1) is 0 Å². The second-order valence-electron chi connectivity index (χ2n) is 14.6. The standard InChI is InChI=1S/C52H32N2O/c1-3-11-33(12-4-1)38-19-23-41-43-28-36(20-24-47(43)53(49(41)31-38)39-15-5-2-6-16-39)37-21-25-48-44(29-37)45-27-34-13-7-8-14-35(34)30-50(45)54(48)40-22-26-52-46(32-40)42-17-9-10-18-51(42)55-52/h1-32H. The molecule has 0 N–H and O–H groups in total. The van der Waals surface area contributed by atoms with Gasteiger partial charge in [-0.3, -0.25) is 0 Å². The molecule has 3 aromatic heterocycles. The molecule has 3 nitrogen and oxygen atoms in total.